The Hall–Kier alpha value is -1.26. The number of rotatable bonds is 2. The van der Waals surface area contributed by atoms with Crippen LogP contribution in [0.15, 0.2) is 17.0 Å². The van der Waals surface area contributed by atoms with Gasteiger partial charge in [-0.05, 0) is 24.1 Å². The van der Waals surface area contributed by atoms with Crippen molar-refractivity contribution in [1.82, 2.24) is 0 Å². The summed E-state index contributed by atoms with van der Waals surface area (Å²) >= 11 is 0. The van der Waals surface area contributed by atoms with E-state index in [0.717, 1.165) is 6.07 Å². The third-order valence-corrected chi connectivity index (χ3v) is 3.66. The first-order chi connectivity index (χ1) is 8.12. The summed E-state index contributed by atoms with van der Waals surface area (Å²) in [6.45, 7) is 1.40. The molecule has 1 rings (SSSR count). The lowest BCUT2D eigenvalue weighted by Gasteiger charge is -2.16. The molecular formula is C10H7ClF3NO2S. The van der Waals surface area contributed by atoms with Crippen LogP contribution in [-0.2, 0) is 21.6 Å². The van der Waals surface area contributed by atoms with Crippen molar-refractivity contribution in [1.29, 1.82) is 5.26 Å². The SMILES string of the molecule is CCc1c(C#N)ccc(S(=O)(=O)Cl)c1C(F)(F)F. The summed E-state index contributed by atoms with van der Waals surface area (Å²) in [5.74, 6) is 0. The van der Waals surface area contributed by atoms with Gasteiger partial charge in [0.1, 0.15) is 0 Å². The maximum Gasteiger partial charge on any atom is 0.418 e. The van der Waals surface area contributed by atoms with Crippen molar-refractivity contribution in [3.8, 4) is 6.07 Å². The molecule has 0 aromatic heterocycles. The molecule has 0 N–H and O–H groups in total. The highest BCUT2D eigenvalue weighted by molar-refractivity contribution is 8.13. The Kier molecular flexibility index (Phi) is 3.93. The van der Waals surface area contributed by atoms with Crippen molar-refractivity contribution < 1.29 is 21.6 Å². The number of nitriles is 1. The van der Waals surface area contributed by atoms with Crippen molar-refractivity contribution in [2.24, 2.45) is 0 Å². The Morgan fingerprint density at radius 1 is 1.39 bits per heavy atom. The fraction of sp³-hybridized carbons (Fsp3) is 0.300. The maximum atomic E-state index is 12.9. The van der Waals surface area contributed by atoms with Gasteiger partial charge in [0.05, 0.1) is 22.1 Å². The van der Waals surface area contributed by atoms with Crippen molar-refractivity contribution in [2.45, 2.75) is 24.4 Å². The third-order valence-electron chi connectivity index (χ3n) is 2.29. The summed E-state index contributed by atoms with van der Waals surface area (Å²) in [6.07, 6.45) is -5.02. The summed E-state index contributed by atoms with van der Waals surface area (Å²) < 4.78 is 61.0. The Bertz CT molecular complexity index is 617. The van der Waals surface area contributed by atoms with Crippen LogP contribution in [0, 0.1) is 11.3 Å². The van der Waals surface area contributed by atoms with Gasteiger partial charge in [-0.25, -0.2) is 8.42 Å². The molecule has 0 saturated heterocycles. The number of alkyl halides is 3. The smallest absolute Gasteiger partial charge is 0.207 e. The van der Waals surface area contributed by atoms with Crippen molar-refractivity contribution in [2.75, 3.05) is 0 Å². The standard InChI is InChI=1S/C10H7ClF3NO2S/c1-2-7-6(5-15)3-4-8(18(11,16)17)9(7)10(12,13)14/h3-4H,2H2,1H3. The van der Waals surface area contributed by atoms with Crippen molar-refractivity contribution >= 4 is 19.7 Å². The summed E-state index contributed by atoms with van der Waals surface area (Å²) in [7, 11) is 0.452. The van der Waals surface area contributed by atoms with Gasteiger partial charge < -0.3 is 0 Å². The predicted octanol–water partition coefficient (Wildman–Crippen LogP) is 3.07. The van der Waals surface area contributed by atoms with E-state index >= 15 is 0 Å². The van der Waals surface area contributed by atoms with E-state index in [4.69, 9.17) is 15.9 Å². The van der Waals surface area contributed by atoms with E-state index in [2.05, 4.69) is 0 Å². The molecule has 0 aliphatic rings. The highest BCUT2D eigenvalue weighted by Crippen LogP contribution is 2.39. The molecule has 8 heteroatoms. The zero-order valence-electron chi connectivity index (χ0n) is 9.05. The molecule has 0 fully saturated rings. The lowest BCUT2D eigenvalue weighted by molar-refractivity contribution is -0.140. The fourth-order valence-corrected chi connectivity index (χ4v) is 2.71. The van der Waals surface area contributed by atoms with Crippen LogP contribution in [-0.4, -0.2) is 8.42 Å². The molecule has 1 aromatic rings. The Balaban J connectivity index is 3.85. The number of hydrogen-bond acceptors (Lipinski definition) is 3. The largest absolute Gasteiger partial charge is 0.418 e. The summed E-state index contributed by atoms with van der Waals surface area (Å²) in [5.41, 5.74) is -1.94. The molecule has 3 nitrogen and oxygen atoms in total. The second-order valence-electron chi connectivity index (χ2n) is 3.37. The Labute approximate surface area is 106 Å². The number of nitrogens with zero attached hydrogens (tertiary/aromatic N) is 1. The quantitative estimate of drug-likeness (QED) is 0.788. The second-order valence-corrected chi connectivity index (χ2v) is 5.90. The van der Waals surface area contributed by atoms with Crippen LogP contribution in [0.4, 0.5) is 13.2 Å². The van der Waals surface area contributed by atoms with Crippen LogP contribution in [0.25, 0.3) is 0 Å². The minimum absolute atomic E-state index is 0.127. The van der Waals surface area contributed by atoms with Gasteiger partial charge >= 0.3 is 6.18 Å². The topological polar surface area (TPSA) is 57.9 Å². The minimum Gasteiger partial charge on any atom is -0.207 e. The lowest BCUT2D eigenvalue weighted by Crippen LogP contribution is -2.15. The summed E-state index contributed by atoms with van der Waals surface area (Å²) in [6, 6.07) is 3.31. The lowest BCUT2D eigenvalue weighted by atomic mass is 9.99. The zero-order valence-corrected chi connectivity index (χ0v) is 10.6. The van der Waals surface area contributed by atoms with Gasteiger partial charge in [0.15, 0.2) is 0 Å². The van der Waals surface area contributed by atoms with Crippen molar-refractivity contribution in [3.63, 3.8) is 0 Å². The molecule has 0 aliphatic heterocycles. The molecule has 1 aromatic carbocycles. The molecule has 0 heterocycles. The van der Waals surface area contributed by atoms with E-state index in [0.29, 0.717) is 6.07 Å². The van der Waals surface area contributed by atoms with Crippen LogP contribution >= 0.6 is 10.7 Å². The molecule has 0 radical (unpaired) electrons. The maximum absolute atomic E-state index is 12.9. The first-order valence-corrected chi connectivity index (χ1v) is 7.01. The highest BCUT2D eigenvalue weighted by atomic mass is 35.7. The Morgan fingerprint density at radius 3 is 2.28 bits per heavy atom. The molecular weight excluding hydrogens is 291 g/mol. The second kappa shape index (κ2) is 4.78. The number of hydrogen-bond donors (Lipinski definition) is 0. The molecule has 0 spiro atoms. The number of halogens is 4. The average molecular weight is 298 g/mol. The van der Waals surface area contributed by atoms with E-state index in [1.54, 1.807) is 6.07 Å². The molecule has 98 valence electrons. The third kappa shape index (κ3) is 2.76. The predicted molar refractivity (Wildman–Crippen MR) is 58.6 cm³/mol. The fourth-order valence-electron chi connectivity index (χ4n) is 1.61. The van der Waals surface area contributed by atoms with Crippen LogP contribution in [0.3, 0.4) is 0 Å². The molecule has 0 amide bonds. The molecule has 0 saturated carbocycles. The van der Waals surface area contributed by atoms with Crippen molar-refractivity contribution in [3.05, 3.63) is 28.8 Å². The van der Waals surface area contributed by atoms with E-state index < -0.39 is 25.7 Å². The van der Waals surface area contributed by atoms with Gasteiger partial charge in [-0.3, -0.25) is 0 Å². The van der Waals surface area contributed by atoms with Crippen LogP contribution < -0.4 is 0 Å². The molecule has 18 heavy (non-hydrogen) atoms. The normalized spacial score (nSPS) is 12.2. The molecule has 0 bridgehead atoms. The van der Waals surface area contributed by atoms with Gasteiger partial charge in [-0.1, -0.05) is 6.92 Å². The summed E-state index contributed by atoms with van der Waals surface area (Å²) in [4.78, 5) is -1.02. The van der Waals surface area contributed by atoms with Gasteiger partial charge in [0.25, 0.3) is 9.05 Å². The molecule has 0 unspecified atom stereocenters. The van der Waals surface area contributed by atoms with Crippen LogP contribution in [0.5, 0.6) is 0 Å². The summed E-state index contributed by atoms with van der Waals surface area (Å²) in [5, 5.41) is 8.73. The van der Waals surface area contributed by atoms with Crippen LogP contribution in [0.2, 0.25) is 0 Å². The first-order valence-electron chi connectivity index (χ1n) is 4.70. The monoisotopic (exact) mass is 297 g/mol. The van der Waals surface area contributed by atoms with E-state index in [9.17, 15) is 21.6 Å². The Morgan fingerprint density at radius 2 is 1.94 bits per heavy atom. The van der Waals surface area contributed by atoms with E-state index in [1.165, 1.54) is 6.92 Å². The first kappa shape index (κ1) is 14.8. The van der Waals surface area contributed by atoms with Gasteiger partial charge in [-0.15, -0.1) is 0 Å². The average Bonchev–Trinajstić information content (AvgIpc) is 2.24. The van der Waals surface area contributed by atoms with Gasteiger partial charge in [-0.2, -0.15) is 18.4 Å². The van der Waals surface area contributed by atoms with E-state index in [1.807, 2.05) is 0 Å². The molecule has 0 aliphatic carbocycles. The number of benzene rings is 1. The molecule has 0 atom stereocenters. The van der Waals surface area contributed by atoms with Gasteiger partial charge in [0.2, 0.25) is 0 Å². The van der Waals surface area contributed by atoms with E-state index in [-0.39, 0.29) is 17.5 Å². The van der Waals surface area contributed by atoms with Crippen LogP contribution in [0.1, 0.15) is 23.6 Å². The zero-order chi connectivity index (χ0) is 14.1. The van der Waals surface area contributed by atoms with Gasteiger partial charge in [0, 0.05) is 10.7 Å². The highest BCUT2D eigenvalue weighted by Gasteiger charge is 2.39. The minimum atomic E-state index is -4.89.